The lowest BCUT2D eigenvalue weighted by atomic mass is 10.1. The van der Waals surface area contributed by atoms with E-state index in [4.69, 9.17) is 71.3 Å². The summed E-state index contributed by atoms with van der Waals surface area (Å²) < 4.78 is 325. The Kier molecular flexibility index (Phi) is 31.3. The van der Waals surface area contributed by atoms with Gasteiger partial charge in [0.2, 0.25) is 0 Å². The van der Waals surface area contributed by atoms with Crippen molar-refractivity contribution >= 4 is 140 Å². The van der Waals surface area contributed by atoms with E-state index in [2.05, 4.69) is 9.37 Å². The van der Waals surface area contributed by atoms with Crippen molar-refractivity contribution in [2.24, 2.45) is 0 Å². The third-order valence-electron chi connectivity index (χ3n) is 7.59. The van der Waals surface area contributed by atoms with Gasteiger partial charge in [0.1, 0.15) is 27.4 Å². The molecule has 4 rings (SSSR count). The molecular formula is C30H44N2O38S12. The van der Waals surface area contributed by atoms with E-state index in [9.17, 15) is 92.6 Å². The van der Waals surface area contributed by atoms with Crippen molar-refractivity contribution in [2.45, 2.75) is 41.8 Å². The maximum Gasteiger partial charge on any atom is 0.295 e. The monoisotopic (exact) mass is 1420 g/mol. The minimum Gasteiger partial charge on any atom is -0.399 e. The molecule has 0 amide bonds. The lowest BCUT2D eigenvalue weighted by molar-refractivity contribution is -0.432. The van der Waals surface area contributed by atoms with Crippen LogP contribution in [-0.2, 0) is 121 Å². The zero-order valence-electron chi connectivity index (χ0n) is 39.5. The van der Waals surface area contributed by atoms with E-state index in [0.29, 0.717) is 22.6 Å². The van der Waals surface area contributed by atoms with Crippen molar-refractivity contribution in [3.05, 3.63) is 84.9 Å². The number of nitrogens with two attached hydrogens (primary N) is 1. The van der Waals surface area contributed by atoms with Crippen LogP contribution in [0.2, 0.25) is 0 Å². The van der Waals surface area contributed by atoms with Crippen LogP contribution in [-0.4, -0.2) is 203 Å². The fourth-order valence-electron chi connectivity index (χ4n) is 4.49. The smallest absolute Gasteiger partial charge is 0.295 e. The van der Waals surface area contributed by atoms with E-state index >= 15 is 0 Å². The summed E-state index contributed by atoms with van der Waals surface area (Å²) in [5.74, 6) is -6.07. The molecule has 82 heavy (non-hydrogen) atoms. The molecule has 52 heteroatoms. The number of hydrogen-bond donors (Lipinski definition) is 15. The quantitative estimate of drug-likeness (QED) is 0.0144. The van der Waals surface area contributed by atoms with Crippen LogP contribution >= 0.6 is 12.0 Å². The number of nitrogen functional groups attached to an aromatic ring is 1. The van der Waals surface area contributed by atoms with Crippen LogP contribution < -0.4 is 5.73 Å². The van der Waals surface area contributed by atoms with Gasteiger partial charge in [-0.15, -0.1) is 4.33 Å². The molecule has 2 unspecified atom stereocenters. The SMILES string of the molecule is Nc1ccc(S(=O)(=O)O)cc1.O=S(=O)(O)C(O)CC(O)S(=O)(=O)O.O=S(=O)(O)CCS(=O)(=O)O.O=S(=O)(O)CN(CS(=O)(=O)O)CS(=O)(=O)O.O=S(=O)(O)c1ccc(SOOO)cc1.O=S(=O)(O)c1cccc2c(S(=O)(=O)O)cccc12. The van der Waals surface area contributed by atoms with Crippen LogP contribution in [0.25, 0.3) is 10.8 Å². The molecule has 4 aromatic rings. The van der Waals surface area contributed by atoms with Crippen molar-refractivity contribution < 1.29 is 168 Å². The zero-order chi connectivity index (χ0) is 65.1. The second-order valence-corrected chi connectivity index (χ2v) is 31.3. The molecule has 0 radical (unpaired) electrons. The van der Waals surface area contributed by atoms with Gasteiger partial charge in [0.25, 0.3) is 111 Å². The highest BCUT2D eigenvalue weighted by Crippen LogP contribution is 2.28. The maximum atomic E-state index is 11.2. The number of aliphatic hydroxyl groups excluding tert-OH is 2. The summed E-state index contributed by atoms with van der Waals surface area (Å²) in [6.07, 6.45) is -1.22. The summed E-state index contributed by atoms with van der Waals surface area (Å²) in [7, 11) is -49.5. The van der Waals surface area contributed by atoms with Crippen molar-refractivity contribution in [2.75, 3.05) is 34.9 Å². The van der Waals surface area contributed by atoms with Gasteiger partial charge in [0, 0.05) is 27.8 Å². The van der Waals surface area contributed by atoms with Crippen molar-refractivity contribution in [3.63, 3.8) is 0 Å². The predicted octanol–water partition coefficient (Wildman–Crippen LogP) is -2.41. The number of nitrogens with zero attached hydrogens (tertiary/aromatic N) is 1. The van der Waals surface area contributed by atoms with Crippen LogP contribution in [0.1, 0.15) is 6.42 Å². The molecule has 0 saturated carbocycles. The number of fused-ring (bicyclic) bond motifs is 1. The molecule has 474 valence electrons. The van der Waals surface area contributed by atoms with Gasteiger partial charge in [0.05, 0.1) is 33.3 Å². The lowest BCUT2D eigenvalue weighted by Gasteiger charge is -2.16. The molecule has 16 N–H and O–H groups in total. The molecular weight excluding hydrogens is 1380 g/mol. The normalized spacial score (nSPS) is 13.6. The second kappa shape index (κ2) is 32.0. The first-order chi connectivity index (χ1) is 36.3. The number of rotatable bonds is 20. The summed E-state index contributed by atoms with van der Waals surface area (Å²) >= 11 is 0.691. The molecule has 0 aliphatic rings. The maximum absolute atomic E-state index is 11.2. The molecule has 2 atom stereocenters. The highest BCUT2D eigenvalue weighted by Gasteiger charge is 2.30. The van der Waals surface area contributed by atoms with Crippen molar-refractivity contribution in [1.82, 2.24) is 4.90 Å². The second-order valence-electron chi connectivity index (χ2n) is 14.3. The third kappa shape index (κ3) is 38.1. The number of aliphatic hydroxyl groups is 2. The molecule has 0 fully saturated rings. The summed E-state index contributed by atoms with van der Waals surface area (Å²) in [6.45, 7) is 0. The van der Waals surface area contributed by atoms with Gasteiger partial charge in [-0.3, -0.25) is 55.0 Å². The lowest BCUT2D eigenvalue weighted by Crippen LogP contribution is -2.37. The average Bonchev–Trinajstić information content (AvgIpc) is 3.24. The van der Waals surface area contributed by atoms with Crippen LogP contribution in [0.15, 0.2) is 109 Å². The van der Waals surface area contributed by atoms with Crippen LogP contribution in [0.5, 0.6) is 0 Å². The van der Waals surface area contributed by atoms with Crippen molar-refractivity contribution in [1.29, 1.82) is 0 Å². The van der Waals surface area contributed by atoms with Gasteiger partial charge in [-0.05, 0) is 60.7 Å². The minimum absolute atomic E-state index is 0.0233. The van der Waals surface area contributed by atoms with E-state index in [-0.39, 0.29) is 25.5 Å². The van der Waals surface area contributed by atoms with Crippen LogP contribution in [0.3, 0.4) is 0 Å². The molecule has 0 bridgehead atoms. The zero-order valence-corrected chi connectivity index (χ0v) is 49.3. The number of benzene rings is 4. The highest BCUT2D eigenvalue weighted by molar-refractivity contribution is 7.94. The molecule has 0 aliphatic heterocycles. The Labute approximate surface area is 470 Å². The molecule has 0 aromatic heterocycles. The van der Waals surface area contributed by atoms with E-state index in [0.717, 1.165) is 12.1 Å². The van der Waals surface area contributed by atoms with E-state index in [1.54, 1.807) is 0 Å². The molecule has 0 spiro atoms. The van der Waals surface area contributed by atoms with Crippen molar-refractivity contribution in [3.8, 4) is 0 Å². The van der Waals surface area contributed by atoms with Gasteiger partial charge < -0.3 is 15.9 Å². The predicted molar refractivity (Wildman–Crippen MR) is 275 cm³/mol. The fraction of sp³-hybridized carbons (Fsp3) is 0.267. The molecule has 40 nitrogen and oxygen atoms in total. The Morgan fingerprint density at radius 3 is 0.939 bits per heavy atom. The van der Waals surface area contributed by atoms with Gasteiger partial charge >= 0.3 is 0 Å². The first-order valence-electron chi connectivity index (χ1n) is 19.1. The Morgan fingerprint density at radius 2 is 0.707 bits per heavy atom. The van der Waals surface area contributed by atoms with Gasteiger partial charge in [-0.2, -0.15) is 92.6 Å². The summed E-state index contributed by atoms with van der Waals surface area (Å²) in [6, 6.07) is 18.0. The van der Waals surface area contributed by atoms with E-state index < -0.39 is 168 Å². The first kappa shape index (κ1) is 80.1. The topological polar surface area (TPSA) is 706 Å². The molecule has 0 aliphatic carbocycles. The summed E-state index contributed by atoms with van der Waals surface area (Å²) in [5, 5.41) is 28.3. The van der Waals surface area contributed by atoms with E-state index in [1.807, 2.05) is 0 Å². The van der Waals surface area contributed by atoms with Gasteiger partial charge in [0.15, 0.2) is 10.9 Å². The summed E-state index contributed by atoms with van der Waals surface area (Å²) in [4.78, 5) is -0.569. The average molecular weight is 1430 g/mol. The fourth-order valence-corrected chi connectivity index (χ4v) is 12.2. The van der Waals surface area contributed by atoms with Crippen LogP contribution in [0.4, 0.5) is 5.69 Å². The number of anilines is 1. The largest absolute Gasteiger partial charge is 0.399 e. The minimum atomic E-state index is -4.84. The van der Waals surface area contributed by atoms with Gasteiger partial charge in [-0.25, -0.2) is 5.26 Å². The third-order valence-corrected chi connectivity index (χ3v) is 17.3. The Bertz CT molecular complexity index is 3850. The first-order valence-corrected chi connectivity index (χ1v) is 36.6. The number of hydrogen-bond acceptors (Lipinski definition) is 30. The van der Waals surface area contributed by atoms with Crippen LogP contribution in [0, 0.1) is 0 Å². The Morgan fingerprint density at radius 1 is 0.415 bits per heavy atom. The molecule has 4 aromatic carbocycles. The standard InChI is InChI=1S/C10H8O6S2.C6H7NO3S.C6H6O6S2.C3H9NO9S3.C3H8O8S2.C2H6O6S2/c11-17(12,13)9-5-1-3-7-8(9)4-2-6-10(7)18(14,15)16;7-5-1-3-6(4-2-5)11(8,9)10;7-11-12-13-5-1-3-6(4-2-5)14(8,9)10;5-14(6,7)1-4(2-15(8,9)10)3-16(11,12)13;4-2(12(6,7)8)1-3(5)13(9,10)11;3-9(4,5)1-2-10(6,7)8/h1-6H,(H,11,12,13)(H,14,15,16);1-4H,7H2,(H,8,9,10);1-4,7H,(H,8,9,10);1-3H2,(H,5,6,7)(H,8,9,10)(H,11,12,13);2-5H,1H2,(H,6,7,8)(H,9,10,11);1-2H2,(H,3,4,5)(H,6,7,8). The van der Waals surface area contributed by atoms with E-state index in [1.165, 1.54) is 72.8 Å². The Balaban J connectivity index is 0. The molecule has 0 heterocycles. The Hall–Kier alpha value is -3.94. The van der Waals surface area contributed by atoms with Gasteiger partial charge in [-0.1, -0.05) is 29.3 Å². The molecule has 0 saturated heterocycles. The highest BCUT2D eigenvalue weighted by atomic mass is 32.3. The summed E-state index contributed by atoms with van der Waals surface area (Å²) in [5.41, 5.74) is 0.841.